The van der Waals surface area contributed by atoms with E-state index in [1.807, 2.05) is 18.2 Å². The first-order valence-corrected chi connectivity index (χ1v) is 12.0. The van der Waals surface area contributed by atoms with E-state index in [1.54, 1.807) is 0 Å². The highest BCUT2D eigenvalue weighted by molar-refractivity contribution is 6.31. The third kappa shape index (κ3) is 4.92. The number of carbonyl (C=O) groups is 1. The third-order valence-corrected chi connectivity index (χ3v) is 7.01. The van der Waals surface area contributed by atoms with Crippen molar-refractivity contribution >= 4 is 34.5 Å². The highest BCUT2D eigenvalue weighted by Crippen LogP contribution is 2.25. The Morgan fingerprint density at radius 3 is 2.53 bits per heavy atom. The van der Waals surface area contributed by atoms with Gasteiger partial charge in [0.1, 0.15) is 0 Å². The molecule has 32 heavy (non-hydrogen) atoms. The van der Waals surface area contributed by atoms with Crippen LogP contribution in [-0.2, 0) is 11.3 Å². The predicted octanol–water partition coefficient (Wildman–Crippen LogP) is 4.21. The van der Waals surface area contributed by atoms with E-state index in [0.717, 1.165) is 75.4 Å². The molecule has 7 heteroatoms. The van der Waals surface area contributed by atoms with Crippen LogP contribution in [0.4, 0.5) is 5.95 Å². The number of carbonyl (C=O) groups excluding carboxylic acids is 1. The standard InChI is InChI=1S/C25H30ClN5O/c26-20-6-7-22-23(16-20)29-25(28-22)31-14-8-19(9-15-31)24(32)27-21-10-12-30(13-11-21)17-18-4-2-1-3-5-18/h1-7,16,19,21H,8-15,17H2,(H,27,32)(H,28,29). The lowest BCUT2D eigenvalue weighted by molar-refractivity contribution is -0.126. The van der Waals surface area contributed by atoms with Gasteiger partial charge in [-0.3, -0.25) is 9.69 Å². The number of fused-ring (bicyclic) bond motifs is 1. The van der Waals surface area contributed by atoms with E-state index < -0.39 is 0 Å². The highest BCUT2D eigenvalue weighted by Gasteiger charge is 2.29. The molecule has 0 aliphatic carbocycles. The number of benzene rings is 2. The minimum Gasteiger partial charge on any atom is -0.353 e. The van der Waals surface area contributed by atoms with Gasteiger partial charge < -0.3 is 15.2 Å². The van der Waals surface area contributed by atoms with Crippen LogP contribution in [0.2, 0.25) is 5.02 Å². The van der Waals surface area contributed by atoms with Gasteiger partial charge in [0, 0.05) is 49.7 Å². The zero-order chi connectivity index (χ0) is 21.9. The summed E-state index contributed by atoms with van der Waals surface area (Å²) in [5, 5.41) is 4.04. The summed E-state index contributed by atoms with van der Waals surface area (Å²) in [5.41, 5.74) is 3.23. The smallest absolute Gasteiger partial charge is 0.223 e. The predicted molar refractivity (Wildman–Crippen MR) is 129 cm³/mol. The van der Waals surface area contributed by atoms with Gasteiger partial charge in [-0.1, -0.05) is 41.9 Å². The summed E-state index contributed by atoms with van der Waals surface area (Å²) in [4.78, 5) is 25.6. The molecule has 0 bridgehead atoms. The molecule has 1 amide bonds. The van der Waals surface area contributed by atoms with Crippen molar-refractivity contribution in [3.05, 3.63) is 59.1 Å². The van der Waals surface area contributed by atoms with Crippen LogP contribution >= 0.6 is 11.6 Å². The number of piperidine rings is 2. The van der Waals surface area contributed by atoms with Crippen LogP contribution in [0.25, 0.3) is 11.0 Å². The molecule has 2 N–H and O–H groups in total. The maximum Gasteiger partial charge on any atom is 0.223 e. The Hall–Kier alpha value is -2.57. The second-order valence-corrected chi connectivity index (χ2v) is 9.46. The third-order valence-electron chi connectivity index (χ3n) is 6.78. The van der Waals surface area contributed by atoms with Crippen molar-refractivity contribution < 1.29 is 4.79 Å². The van der Waals surface area contributed by atoms with E-state index in [2.05, 4.69) is 55.4 Å². The van der Waals surface area contributed by atoms with Crippen LogP contribution in [-0.4, -0.2) is 53.0 Å². The number of aromatic nitrogens is 2. The summed E-state index contributed by atoms with van der Waals surface area (Å²) in [6.45, 7) is 4.74. The second-order valence-electron chi connectivity index (χ2n) is 9.03. The van der Waals surface area contributed by atoms with Crippen molar-refractivity contribution in [2.45, 2.75) is 38.3 Å². The zero-order valence-corrected chi connectivity index (χ0v) is 19.0. The summed E-state index contributed by atoms with van der Waals surface area (Å²) in [7, 11) is 0. The maximum atomic E-state index is 12.9. The Morgan fingerprint density at radius 1 is 1.03 bits per heavy atom. The van der Waals surface area contributed by atoms with E-state index in [-0.39, 0.29) is 11.8 Å². The Bertz CT molecular complexity index is 1050. The number of halogens is 1. The van der Waals surface area contributed by atoms with Gasteiger partial charge in [-0.2, -0.15) is 0 Å². The van der Waals surface area contributed by atoms with Gasteiger partial charge in [0.25, 0.3) is 0 Å². The topological polar surface area (TPSA) is 64.3 Å². The molecule has 2 aliphatic rings. The number of H-pyrrole nitrogens is 1. The molecular formula is C25H30ClN5O. The van der Waals surface area contributed by atoms with E-state index in [4.69, 9.17) is 11.6 Å². The van der Waals surface area contributed by atoms with Crippen molar-refractivity contribution in [1.82, 2.24) is 20.2 Å². The van der Waals surface area contributed by atoms with Crippen LogP contribution in [0.5, 0.6) is 0 Å². The minimum atomic E-state index is 0.0902. The number of hydrogen-bond donors (Lipinski definition) is 2. The van der Waals surface area contributed by atoms with Gasteiger partial charge in [0.2, 0.25) is 11.9 Å². The lowest BCUT2D eigenvalue weighted by Crippen LogP contribution is -2.48. The molecule has 2 fully saturated rings. The molecule has 0 saturated carbocycles. The molecule has 2 aliphatic heterocycles. The van der Waals surface area contributed by atoms with Crippen molar-refractivity contribution in [1.29, 1.82) is 0 Å². The maximum absolute atomic E-state index is 12.9. The highest BCUT2D eigenvalue weighted by atomic mass is 35.5. The number of imidazole rings is 1. The second kappa shape index (κ2) is 9.51. The monoisotopic (exact) mass is 451 g/mol. The molecule has 0 unspecified atom stereocenters. The first-order chi connectivity index (χ1) is 15.6. The lowest BCUT2D eigenvalue weighted by Gasteiger charge is -2.35. The molecule has 6 nitrogen and oxygen atoms in total. The Kier molecular flexibility index (Phi) is 6.32. The number of nitrogens with zero attached hydrogens (tertiary/aromatic N) is 3. The average Bonchev–Trinajstić information content (AvgIpc) is 3.24. The van der Waals surface area contributed by atoms with Gasteiger partial charge in [0.05, 0.1) is 11.0 Å². The van der Waals surface area contributed by atoms with Crippen LogP contribution in [0, 0.1) is 5.92 Å². The van der Waals surface area contributed by atoms with Gasteiger partial charge in [0.15, 0.2) is 0 Å². The first-order valence-electron chi connectivity index (χ1n) is 11.6. The zero-order valence-electron chi connectivity index (χ0n) is 18.3. The number of amides is 1. The molecule has 168 valence electrons. The SMILES string of the molecule is O=C(NC1CCN(Cc2ccccc2)CC1)C1CCN(c2nc3ccc(Cl)cc3[nH]2)CC1. The molecular weight excluding hydrogens is 422 g/mol. The Morgan fingerprint density at radius 2 is 1.78 bits per heavy atom. The van der Waals surface area contributed by atoms with Crippen LogP contribution in [0.1, 0.15) is 31.2 Å². The molecule has 0 radical (unpaired) electrons. The Labute approximate surface area is 194 Å². The van der Waals surface area contributed by atoms with Gasteiger partial charge in [-0.05, 0) is 49.4 Å². The van der Waals surface area contributed by atoms with Crippen LogP contribution in [0.3, 0.4) is 0 Å². The number of likely N-dealkylation sites (tertiary alicyclic amines) is 1. The fourth-order valence-electron chi connectivity index (χ4n) is 4.87. The molecule has 1 aromatic heterocycles. The normalized spacial score (nSPS) is 18.8. The Balaban J connectivity index is 1.08. The quantitative estimate of drug-likeness (QED) is 0.609. The average molecular weight is 452 g/mol. The number of aromatic amines is 1. The first kappa shape index (κ1) is 21.3. The summed E-state index contributed by atoms with van der Waals surface area (Å²) in [6, 6.07) is 16.6. The van der Waals surface area contributed by atoms with Crippen LogP contribution < -0.4 is 10.2 Å². The summed E-state index contributed by atoms with van der Waals surface area (Å²) in [6.07, 6.45) is 3.77. The van der Waals surface area contributed by atoms with Gasteiger partial charge >= 0.3 is 0 Å². The fourth-order valence-corrected chi connectivity index (χ4v) is 5.04. The van der Waals surface area contributed by atoms with E-state index in [1.165, 1.54) is 5.56 Å². The number of hydrogen-bond acceptors (Lipinski definition) is 4. The molecule has 0 atom stereocenters. The molecule has 3 aromatic rings. The van der Waals surface area contributed by atoms with Crippen molar-refractivity contribution in [2.75, 3.05) is 31.1 Å². The largest absolute Gasteiger partial charge is 0.353 e. The van der Waals surface area contributed by atoms with E-state index >= 15 is 0 Å². The molecule has 2 aromatic carbocycles. The van der Waals surface area contributed by atoms with Crippen molar-refractivity contribution in [3.8, 4) is 0 Å². The lowest BCUT2D eigenvalue weighted by atomic mass is 9.95. The number of nitrogens with one attached hydrogen (secondary N) is 2. The van der Waals surface area contributed by atoms with Crippen molar-refractivity contribution in [3.63, 3.8) is 0 Å². The molecule has 5 rings (SSSR count). The van der Waals surface area contributed by atoms with Crippen LogP contribution in [0.15, 0.2) is 48.5 Å². The summed E-state index contributed by atoms with van der Waals surface area (Å²) < 4.78 is 0. The molecule has 3 heterocycles. The van der Waals surface area contributed by atoms with Crippen molar-refractivity contribution in [2.24, 2.45) is 5.92 Å². The number of rotatable bonds is 5. The minimum absolute atomic E-state index is 0.0902. The number of anilines is 1. The summed E-state index contributed by atoms with van der Waals surface area (Å²) in [5.74, 6) is 1.18. The summed E-state index contributed by atoms with van der Waals surface area (Å²) >= 11 is 6.08. The van der Waals surface area contributed by atoms with E-state index in [9.17, 15) is 4.79 Å². The fraction of sp³-hybridized carbons (Fsp3) is 0.440. The van der Waals surface area contributed by atoms with Gasteiger partial charge in [-0.25, -0.2) is 4.98 Å². The molecule has 2 saturated heterocycles. The van der Waals surface area contributed by atoms with E-state index in [0.29, 0.717) is 11.1 Å². The molecule has 0 spiro atoms. The van der Waals surface area contributed by atoms with Gasteiger partial charge in [-0.15, -0.1) is 0 Å².